The maximum atomic E-state index is 13.7. The van der Waals surface area contributed by atoms with E-state index in [9.17, 15) is 31.1 Å². The van der Waals surface area contributed by atoms with Gasteiger partial charge < -0.3 is 4.98 Å². The first-order valence-corrected chi connectivity index (χ1v) is 7.20. The number of nitrogens with zero attached hydrogens (tertiary/aromatic N) is 2. The number of hydrogen-bond acceptors (Lipinski definition) is 3. The zero-order chi connectivity index (χ0) is 18.4. The molecular weight excluding hydrogens is 352 g/mol. The van der Waals surface area contributed by atoms with Crippen molar-refractivity contribution in [2.24, 2.45) is 0 Å². The van der Waals surface area contributed by atoms with Crippen LogP contribution >= 0.6 is 0 Å². The summed E-state index contributed by atoms with van der Waals surface area (Å²) in [6.07, 6.45) is -4.69. The molecule has 0 fully saturated rings. The first-order chi connectivity index (χ1) is 11.6. The van der Waals surface area contributed by atoms with Crippen LogP contribution in [0.25, 0.3) is 0 Å². The van der Waals surface area contributed by atoms with E-state index in [4.69, 9.17) is 0 Å². The van der Waals surface area contributed by atoms with Crippen LogP contribution in [0.2, 0.25) is 0 Å². The largest absolute Gasteiger partial charge is 0.449 e. The summed E-state index contributed by atoms with van der Waals surface area (Å²) in [5, 5.41) is 0. The van der Waals surface area contributed by atoms with Gasteiger partial charge in [0.15, 0.2) is 11.6 Å². The van der Waals surface area contributed by atoms with Crippen molar-refractivity contribution in [2.45, 2.75) is 25.7 Å². The number of H-pyrrole nitrogens is 1. The molecule has 0 saturated carbocycles. The molecule has 4 nitrogen and oxygen atoms in total. The Morgan fingerprint density at radius 3 is 2.48 bits per heavy atom. The van der Waals surface area contributed by atoms with Crippen molar-refractivity contribution in [3.05, 3.63) is 62.6 Å². The highest BCUT2D eigenvalue weighted by Gasteiger charge is 2.36. The van der Waals surface area contributed by atoms with Gasteiger partial charge in [0.25, 0.3) is 5.56 Å². The van der Waals surface area contributed by atoms with Gasteiger partial charge in [-0.1, -0.05) is 0 Å². The minimum absolute atomic E-state index is 0.0645. The maximum absolute atomic E-state index is 13.7. The fraction of sp³-hybridized carbons (Fsp3) is 0.333. The van der Waals surface area contributed by atoms with Gasteiger partial charge in [-0.15, -0.1) is 0 Å². The molecule has 0 aliphatic carbocycles. The summed E-state index contributed by atoms with van der Waals surface area (Å²) in [5.41, 5.74) is -0.931. The molecule has 0 saturated heterocycles. The van der Waals surface area contributed by atoms with Gasteiger partial charge in [0.05, 0.1) is 5.69 Å². The Bertz CT molecular complexity index is 877. The number of rotatable bonds is 2. The molecule has 0 spiro atoms. The first-order valence-electron chi connectivity index (χ1n) is 7.20. The van der Waals surface area contributed by atoms with Gasteiger partial charge in [-0.3, -0.25) is 9.69 Å². The molecule has 1 aliphatic rings. The molecule has 0 bridgehead atoms. The molecule has 0 amide bonds. The average Bonchev–Trinajstić information content (AvgIpc) is 2.51. The Kier molecular flexibility index (Phi) is 4.31. The van der Waals surface area contributed by atoms with Crippen LogP contribution in [0.1, 0.15) is 22.6 Å². The van der Waals surface area contributed by atoms with Crippen molar-refractivity contribution in [3.63, 3.8) is 0 Å². The molecule has 3 rings (SSSR count). The van der Waals surface area contributed by atoms with E-state index in [-0.39, 0.29) is 42.9 Å². The van der Waals surface area contributed by atoms with Crippen LogP contribution in [0, 0.1) is 17.5 Å². The quantitative estimate of drug-likeness (QED) is 0.659. The number of hydrogen-bond donors (Lipinski definition) is 1. The monoisotopic (exact) mass is 363 g/mol. The lowest BCUT2D eigenvalue weighted by Gasteiger charge is -2.28. The van der Waals surface area contributed by atoms with Crippen LogP contribution in [0.5, 0.6) is 0 Å². The Hall–Kier alpha value is -2.36. The summed E-state index contributed by atoms with van der Waals surface area (Å²) < 4.78 is 78.1. The molecular formula is C15H11F6N3O. The third kappa shape index (κ3) is 3.53. The number of aromatic amines is 1. The highest BCUT2D eigenvalue weighted by Crippen LogP contribution is 2.27. The molecule has 0 unspecified atom stereocenters. The molecule has 1 aromatic carbocycles. The molecule has 1 aliphatic heterocycles. The minimum Gasteiger partial charge on any atom is -0.303 e. The van der Waals surface area contributed by atoms with E-state index in [1.807, 2.05) is 0 Å². The number of benzene rings is 1. The number of nitrogens with one attached hydrogen (secondary N) is 1. The second-order valence-electron chi connectivity index (χ2n) is 5.66. The average molecular weight is 363 g/mol. The van der Waals surface area contributed by atoms with Crippen LogP contribution in [0.4, 0.5) is 26.3 Å². The second kappa shape index (κ2) is 6.17. The predicted octanol–water partition coefficient (Wildman–Crippen LogP) is 2.76. The second-order valence-corrected chi connectivity index (χ2v) is 5.66. The van der Waals surface area contributed by atoms with E-state index >= 15 is 0 Å². The van der Waals surface area contributed by atoms with Crippen molar-refractivity contribution in [1.82, 2.24) is 14.9 Å². The van der Waals surface area contributed by atoms with Crippen molar-refractivity contribution in [1.29, 1.82) is 0 Å². The lowest BCUT2D eigenvalue weighted by Crippen LogP contribution is -2.36. The van der Waals surface area contributed by atoms with E-state index < -0.39 is 35.0 Å². The highest BCUT2D eigenvalue weighted by molar-refractivity contribution is 5.24. The molecule has 0 atom stereocenters. The summed E-state index contributed by atoms with van der Waals surface area (Å²) in [5.74, 6) is -4.91. The topological polar surface area (TPSA) is 49.0 Å². The van der Waals surface area contributed by atoms with Gasteiger partial charge in [-0.25, -0.2) is 18.2 Å². The van der Waals surface area contributed by atoms with Crippen molar-refractivity contribution in [2.75, 3.05) is 6.54 Å². The number of aromatic nitrogens is 2. The van der Waals surface area contributed by atoms with Gasteiger partial charge in [0.1, 0.15) is 5.82 Å². The van der Waals surface area contributed by atoms with Gasteiger partial charge in [0, 0.05) is 36.8 Å². The lowest BCUT2D eigenvalue weighted by molar-refractivity contribution is -0.145. The van der Waals surface area contributed by atoms with Crippen LogP contribution in [0.3, 0.4) is 0 Å². The summed E-state index contributed by atoms with van der Waals surface area (Å²) in [6.45, 7) is -0.0549. The van der Waals surface area contributed by atoms with E-state index in [0.717, 1.165) is 0 Å². The smallest absolute Gasteiger partial charge is 0.303 e. The molecule has 1 aromatic heterocycles. The SMILES string of the molecule is O=c1[nH]c(C(F)(F)F)nc2c1CCN(Cc1cc(F)c(F)cc1F)C2. The standard InChI is InChI=1S/C15H11F6N3O/c16-9-4-11(18)10(17)3-7(9)5-24-2-1-8-12(6-24)22-14(15(19,20)21)23-13(8)25/h3-4H,1-2,5-6H2,(H,22,23,25). The molecule has 0 radical (unpaired) electrons. The Labute approximate surface area is 137 Å². The zero-order valence-corrected chi connectivity index (χ0v) is 12.6. The summed E-state index contributed by atoms with van der Waals surface area (Å²) in [7, 11) is 0. The fourth-order valence-electron chi connectivity index (χ4n) is 2.69. The Morgan fingerprint density at radius 2 is 1.80 bits per heavy atom. The summed E-state index contributed by atoms with van der Waals surface area (Å²) in [4.78, 5) is 18.4. The Morgan fingerprint density at radius 1 is 1.12 bits per heavy atom. The predicted molar refractivity (Wildman–Crippen MR) is 74.0 cm³/mol. The third-order valence-electron chi connectivity index (χ3n) is 3.90. The van der Waals surface area contributed by atoms with Crippen molar-refractivity contribution >= 4 is 0 Å². The normalized spacial score (nSPS) is 15.3. The van der Waals surface area contributed by atoms with Crippen LogP contribution in [-0.4, -0.2) is 21.4 Å². The fourth-order valence-corrected chi connectivity index (χ4v) is 2.69. The van der Waals surface area contributed by atoms with Crippen LogP contribution in [0.15, 0.2) is 16.9 Å². The molecule has 1 N–H and O–H groups in total. The maximum Gasteiger partial charge on any atom is 0.449 e. The van der Waals surface area contributed by atoms with Crippen LogP contribution in [-0.2, 0) is 25.7 Å². The molecule has 2 heterocycles. The summed E-state index contributed by atoms with van der Waals surface area (Å²) >= 11 is 0. The van der Waals surface area contributed by atoms with E-state index in [2.05, 4.69) is 4.98 Å². The lowest BCUT2D eigenvalue weighted by atomic mass is 10.1. The van der Waals surface area contributed by atoms with Crippen molar-refractivity contribution in [3.8, 4) is 0 Å². The number of alkyl halides is 3. The number of halogens is 6. The molecule has 25 heavy (non-hydrogen) atoms. The van der Waals surface area contributed by atoms with E-state index in [1.54, 1.807) is 4.98 Å². The van der Waals surface area contributed by atoms with E-state index in [0.29, 0.717) is 12.1 Å². The Balaban J connectivity index is 1.87. The molecule has 134 valence electrons. The van der Waals surface area contributed by atoms with Gasteiger partial charge in [0.2, 0.25) is 5.82 Å². The number of fused-ring (bicyclic) bond motifs is 1. The van der Waals surface area contributed by atoms with Gasteiger partial charge in [-0.05, 0) is 12.5 Å². The van der Waals surface area contributed by atoms with Crippen LogP contribution < -0.4 is 5.56 Å². The summed E-state index contributed by atoms with van der Waals surface area (Å²) in [6, 6.07) is 1.11. The van der Waals surface area contributed by atoms with Crippen molar-refractivity contribution < 1.29 is 26.3 Å². The molecule has 2 aromatic rings. The minimum atomic E-state index is -4.80. The van der Waals surface area contributed by atoms with E-state index in [1.165, 1.54) is 4.90 Å². The highest BCUT2D eigenvalue weighted by atomic mass is 19.4. The third-order valence-corrected chi connectivity index (χ3v) is 3.90. The zero-order valence-electron chi connectivity index (χ0n) is 12.6. The first kappa shape index (κ1) is 17.5. The van der Waals surface area contributed by atoms with Gasteiger partial charge in [-0.2, -0.15) is 13.2 Å². The molecule has 10 heteroatoms. The van der Waals surface area contributed by atoms with Gasteiger partial charge >= 0.3 is 6.18 Å².